The first kappa shape index (κ1) is 40.4. The minimum absolute atomic E-state index is 0.317. The summed E-state index contributed by atoms with van der Waals surface area (Å²) >= 11 is 0. The highest BCUT2D eigenvalue weighted by Crippen LogP contribution is 2.49. The normalized spacial score (nSPS) is 12.0. The van der Waals surface area contributed by atoms with Crippen LogP contribution in [0.15, 0.2) is 231 Å². The Morgan fingerprint density at radius 1 is 0.306 bits per heavy atom. The zero-order valence-corrected chi connectivity index (χ0v) is 38.5. The summed E-state index contributed by atoms with van der Waals surface area (Å²) in [7, 11) is 0. The second-order valence-electron chi connectivity index (χ2n) is 18.8. The fourth-order valence-electron chi connectivity index (χ4n) is 11.7. The number of hydrogen-bond acceptors (Lipinski definition) is 4. The van der Waals surface area contributed by atoms with Crippen LogP contribution in [0.2, 0.25) is 0 Å². The highest BCUT2D eigenvalue weighted by Gasteiger charge is 2.24. The van der Waals surface area contributed by atoms with Gasteiger partial charge in [0, 0.05) is 55.9 Å². The van der Waals surface area contributed by atoms with E-state index in [2.05, 4.69) is 216 Å². The molecule has 6 heteroatoms. The third-order valence-corrected chi connectivity index (χ3v) is 14.7. The first-order valence-electron chi connectivity index (χ1n) is 24.2. The summed E-state index contributed by atoms with van der Waals surface area (Å²) in [4.78, 5) is 15.0. The molecule has 0 amide bonds. The molecule has 0 radical (unpaired) electrons. The molecule has 0 saturated carbocycles. The Hall–Kier alpha value is -9.52. The summed E-state index contributed by atoms with van der Waals surface area (Å²) in [6, 6.07) is 77.6. The third kappa shape index (κ3) is 6.09. The quantitative estimate of drug-likeness (QED) is 0.149. The molecule has 1 aromatic heterocycles. The number of para-hydroxylation sites is 2. The van der Waals surface area contributed by atoms with Crippen LogP contribution in [0, 0.1) is 11.6 Å². The molecule has 0 bridgehead atoms. The van der Waals surface area contributed by atoms with Gasteiger partial charge < -0.3 is 9.80 Å². The van der Waals surface area contributed by atoms with E-state index in [4.69, 9.17) is 9.97 Å². The lowest BCUT2D eigenvalue weighted by atomic mass is 9.92. The lowest BCUT2D eigenvalue weighted by Crippen LogP contribution is -2.11. The van der Waals surface area contributed by atoms with Gasteiger partial charge in [0.05, 0.1) is 34.3 Å². The summed E-state index contributed by atoms with van der Waals surface area (Å²) in [6.07, 6.45) is 1.62. The highest BCUT2D eigenvalue weighted by molar-refractivity contribution is 6.29. The van der Waals surface area contributed by atoms with Crippen LogP contribution < -0.4 is 9.80 Å². The van der Waals surface area contributed by atoms with Gasteiger partial charge in [-0.2, -0.15) is 0 Å². The number of anilines is 6. The Morgan fingerprint density at radius 2 is 0.750 bits per heavy atom. The molecule has 0 saturated heterocycles. The fraction of sp³-hybridized carbons (Fsp3) is 0. The van der Waals surface area contributed by atoms with Crippen LogP contribution in [0.5, 0.6) is 0 Å². The van der Waals surface area contributed by atoms with Gasteiger partial charge in [-0.05, 0) is 137 Å². The Bertz CT molecular complexity index is 4650. The summed E-state index contributed by atoms with van der Waals surface area (Å²) in [6.45, 7) is 0. The van der Waals surface area contributed by atoms with Crippen molar-refractivity contribution in [2.24, 2.45) is 0 Å². The molecule has 0 atom stereocenters. The molecule has 14 aromatic carbocycles. The Kier molecular flexibility index (Phi) is 8.69. The van der Waals surface area contributed by atoms with Crippen LogP contribution in [0.1, 0.15) is 0 Å². The molecule has 0 aliphatic rings. The maximum Gasteiger partial charge on any atom is 0.126 e. The lowest BCUT2D eigenvalue weighted by molar-refractivity contribution is 0.584. The van der Waals surface area contributed by atoms with E-state index < -0.39 is 11.6 Å². The number of nitrogens with zero attached hydrogens (tertiary/aromatic N) is 4. The fourth-order valence-corrected chi connectivity index (χ4v) is 11.7. The third-order valence-electron chi connectivity index (χ3n) is 14.7. The topological polar surface area (TPSA) is 32.3 Å². The molecule has 4 nitrogen and oxygen atoms in total. The van der Waals surface area contributed by atoms with E-state index in [-0.39, 0.29) is 0 Å². The van der Waals surface area contributed by atoms with E-state index in [0.717, 1.165) is 72.5 Å². The molecular formula is C66H38F2N4. The molecule has 0 spiro atoms. The SMILES string of the molecule is Fc1cc(F)cc(-c2cnc3c4ccc(N(c5ccccc5)c5cc6cccc7ccc8cccc5c8c76)cc4c4cc(N(c5ccccc5)c5cc6cccc7ccc8cccc5c8c76)ccc4c3n2)c1. The maximum absolute atomic E-state index is 14.8. The Labute approximate surface area is 411 Å². The highest BCUT2D eigenvalue weighted by atomic mass is 19.1. The standard InChI is InChI=1S/C66H38F2N4/c67-46-31-45(32-47(68)35-46)58-38-69-65-52-29-27-50(71(48-17-3-1-4-18-48)59-33-43-15-7-11-39-23-25-41-13-9-21-54(59)63(41)61(39)43)36-56(52)57-37-51(28-30-53(57)66(65)70-58)72(49-19-5-2-6-20-49)60-34-44-16-8-12-40-24-26-42-14-10-22-55(60)64(42)62(40)44/h1-38H. The van der Waals surface area contributed by atoms with Crippen molar-refractivity contribution in [1.82, 2.24) is 9.97 Å². The molecule has 72 heavy (non-hydrogen) atoms. The second kappa shape index (κ2) is 15.5. The number of fused-ring (bicyclic) bond motifs is 6. The van der Waals surface area contributed by atoms with E-state index in [1.54, 1.807) is 6.20 Å². The van der Waals surface area contributed by atoms with Crippen LogP contribution >= 0.6 is 0 Å². The van der Waals surface area contributed by atoms with E-state index in [0.29, 0.717) is 22.3 Å². The average Bonchev–Trinajstić information content (AvgIpc) is 3.42. The van der Waals surface area contributed by atoms with E-state index >= 15 is 0 Å². The van der Waals surface area contributed by atoms with Gasteiger partial charge in [-0.3, -0.25) is 4.98 Å². The molecule has 0 N–H and O–H groups in total. The van der Waals surface area contributed by atoms with Gasteiger partial charge in [0.15, 0.2) is 0 Å². The molecule has 15 aromatic rings. The summed E-state index contributed by atoms with van der Waals surface area (Å²) in [5, 5.41) is 18.1. The smallest absolute Gasteiger partial charge is 0.126 e. The Balaban J connectivity index is 1.03. The van der Waals surface area contributed by atoms with Crippen molar-refractivity contribution < 1.29 is 8.78 Å². The van der Waals surface area contributed by atoms with Crippen molar-refractivity contribution in [3.05, 3.63) is 242 Å². The number of hydrogen-bond donors (Lipinski definition) is 0. The van der Waals surface area contributed by atoms with Gasteiger partial charge in [-0.15, -0.1) is 0 Å². The van der Waals surface area contributed by atoms with Gasteiger partial charge in [0.2, 0.25) is 0 Å². The minimum Gasteiger partial charge on any atom is -0.310 e. The monoisotopic (exact) mass is 924 g/mol. The molecule has 15 rings (SSSR count). The van der Waals surface area contributed by atoms with Gasteiger partial charge in [0.1, 0.15) is 11.6 Å². The van der Waals surface area contributed by atoms with Gasteiger partial charge in [-0.25, -0.2) is 13.8 Å². The number of halogens is 2. The zero-order chi connectivity index (χ0) is 47.6. The molecule has 0 aliphatic heterocycles. The Morgan fingerprint density at radius 3 is 1.25 bits per heavy atom. The molecule has 0 fully saturated rings. The van der Waals surface area contributed by atoms with Crippen molar-refractivity contribution in [3.63, 3.8) is 0 Å². The lowest BCUT2D eigenvalue weighted by Gasteiger charge is -2.29. The van der Waals surface area contributed by atoms with Crippen LogP contribution in [0.3, 0.4) is 0 Å². The van der Waals surface area contributed by atoms with Crippen molar-refractivity contribution >= 4 is 131 Å². The summed E-state index contributed by atoms with van der Waals surface area (Å²) in [5.41, 5.74) is 8.11. The van der Waals surface area contributed by atoms with E-state index in [1.165, 1.54) is 66.0 Å². The number of aromatic nitrogens is 2. The first-order valence-corrected chi connectivity index (χ1v) is 24.2. The largest absolute Gasteiger partial charge is 0.310 e. The predicted molar refractivity (Wildman–Crippen MR) is 297 cm³/mol. The number of benzene rings is 14. The number of rotatable bonds is 7. The molecule has 336 valence electrons. The predicted octanol–water partition coefficient (Wildman–Crippen LogP) is 18.6. The van der Waals surface area contributed by atoms with Crippen molar-refractivity contribution in [3.8, 4) is 11.3 Å². The summed E-state index contributed by atoms with van der Waals surface area (Å²) < 4.78 is 29.5. The average molecular weight is 925 g/mol. The molecular weight excluding hydrogens is 887 g/mol. The summed E-state index contributed by atoms with van der Waals surface area (Å²) in [5.74, 6) is -1.35. The molecule has 0 aliphatic carbocycles. The van der Waals surface area contributed by atoms with Crippen molar-refractivity contribution in [1.29, 1.82) is 0 Å². The van der Waals surface area contributed by atoms with E-state index in [9.17, 15) is 8.78 Å². The van der Waals surface area contributed by atoms with Gasteiger partial charge >= 0.3 is 0 Å². The van der Waals surface area contributed by atoms with Crippen LogP contribution in [-0.2, 0) is 0 Å². The van der Waals surface area contributed by atoms with Crippen molar-refractivity contribution in [2.45, 2.75) is 0 Å². The van der Waals surface area contributed by atoms with Gasteiger partial charge in [0.25, 0.3) is 0 Å². The maximum atomic E-state index is 14.8. The molecule has 1 heterocycles. The minimum atomic E-state index is -0.674. The zero-order valence-electron chi connectivity index (χ0n) is 38.5. The van der Waals surface area contributed by atoms with Crippen LogP contribution in [0.4, 0.5) is 42.9 Å². The van der Waals surface area contributed by atoms with Crippen LogP contribution in [-0.4, -0.2) is 9.97 Å². The van der Waals surface area contributed by atoms with Crippen LogP contribution in [0.25, 0.3) is 108 Å². The van der Waals surface area contributed by atoms with E-state index in [1.807, 2.05) is 0 Å². The second-order valence-corrected chi connectivity index (χ2v) is 18.8. The van der Waals surface area contributed by atoms with Gasteiger partial charge in [-0.1, -0.05) is 146 Å². The first-order chi connectivity index (χ1) is 35.5. The molecule has 0 unspecified atom stereocenters. The van der Waals surface area contributed by atoms with Crippen molar-refractivity contribution in [2.75, 3.05) is 9.80 Å².